The minimum Gasteiger partial charge on any atom is -0.267 e. The minimum atomic E-state index is -0.144. The lowest BCUT2D eigenvalue weighted by atomic mass is 10.1. The van der Waals surface area contributed by atoms with Gasteiger partial charge in [0.15, 0.2) is 0 Å². The fourth-order valence-electron chi connectivity index (χ4n) is 1.91. The Kier molecular flexibility index (Phi) is 8.03. The van der Waals surface area contributed by atoms with E-state index in [0.717, 1.165) is 13.0 Å². The van der Waals surface area contributed by atoms with Crippen molar-refractivity contribution in [2.45, 2.75) is 64.8 Å². The second kappa shape index (κ2) is 9.00. The summed E-state index contributed by atoms with van der Waals surface area (Å²) >= 11 is 12.8. The van der Waals surface area contributed by atoms with Crippen molar-refractivity contribution < 1.29 is 0 Å². The van der Waals surface area contributed by atoms with Crippen molar-refractivity contribution in [3.8, 4) is 0 Å². The van der Waals surface area contributed by atoms with E-state index >= 15 is 0 Å². The third-order valence-corrected chi connectivity index (χ3v) is 4.88. The lowest BCUT2D eigenvalue weighted by Crippen LogP contribution is -2.13. The molecule has 2 nitrogen and oxygen atoms in total. The van der Waals surface area contributed by atoms with Crippen LogP contribution >= 0.6 is 34.7 Å². The van der Waals surface area contributed by atoms with Crippen LogP contribution in [-0.4, -0.2) is 3.96 Å². The molecule has 0 saturated carbocycles. The maximum Gasteiger partial charge on any atom is 0.280 e. The summed E-state index contributed by atoms with van der Waals surface area (Å²) in [6.07, 6.45) is 10.1. The topological polar surface area (TPSA) is 22.0 Å². The first-order valence-electron chi connectivity index (χ1n) is 6.72. The van der Waals surface area contributed by atoms with Crippen LogP contribution in [-0.2, 0) is 6.54 Å². The molecule has 18 heavy (non-hydrogen) atoms. The Morgan fingerprint density at radius 1 is 1.00 bits per heavy atom. The van der Waals surface area contributed by atoms with Crippen LogP contribution in [0, 0.1) is 0 Å². The molecule has 0 spiro atoms. The quantitative estimate of drug-likeness (QED) is 0.563. The van der Waals surface area contributed by atoms with Crippen molar-refractivity contribution in [1.29, 1.82) is 0 Å². The van der Waals surface area contributed by atoms with E-state index < -0.39 is 0 Å². The average Bonchev–Trinajstić information content (AvgIpc) is 2.60. The van der Waals surface area contributed by atoms with E-state index in [1.54, 1.807) is 3.96 Å². The van der Waals surface area contributed by atoms with Crippen LogP contribution in [0.15, 0.2) is 4.79 Å². The van der Waals surface area contributed by atoms with Gasteiger partial charge >= 0.3 is 0 Å². The fraction of sp³-hybridized carbons (Fsp3) is 0.769. The molecule has 1 aromatic rings. The second-order valence-electron chi connectivity index (χ2n) is 4.56. The van der Waals surface area contributed by atoms with E-state index in [4.69, 9.17) is 23.2 Å². The third-order valence-electron chi connectivity index (χ3n) is 2.99. The highest BCUT2D eigenvalue weighted by molar-refractivity contribution is 7.11. The first-order chi connectivity index (χ1) is 8.66. The van der Waals surface area contributed by atoms with Crippen LogP contribution in [0.3, 0.4) is 0 Å². The van der Waals surface area contributed by atoms with Gasteiger partial charge in [-0.1, -0.05) is 75.1 Å². The molecular formula is C13H21Cl2NOS. The zero-order chi connectivity index (χ0) is 13.4. The van der Waals surface area contributed by atoms with E-state index in [1.165, 1.54) is 56.5 Å². The zero-order valence-electron chi connectivity index (χ0n) is 10.9. The van der Waals surface area contributed by atoms with Gasteiger partial charge in [-0.3, -0.25) is 8.75 Å². The number of aromatic nitrogens is 1. The highest BCUT2D eigenvalue weighted by Gasteiger charge is 2.10. The first-order valence-corrected chi connectivity index (χ1v) is 8.25. The van der Waals surface area contributed by atoms with Gasteiger partial charge in [0.05, 0.1) is 0 Å². The molecule has 0 aliphatic carbocycles. The molecule has 0 unspecified atom stereocenters. The summed E-state index contributed by atoms with van der Waals surface area (Å²) in [7, 11) is 0. The highest BCUT2D eigenvalue weighted by Crippen LogP contribution is 2.23. The van der Waals surface area contributed by atoms with E-state index in [1.807, 2.05) is 0 Å². The molecular weight excluding hydrogens is 289 g/mol. The molecule has 0 bridgehead atoms. The first kappa shape index (κ1) is 16.1. The SMILES string of the molecule is CCCCCCCCCCn1sc(Cl)c(Cl)c1=O. The third kappa shape index (κ3) is 5.33. The predicted octanol–water partition coefficient (Wildman–Crippen LogP) is 5.36. The average molecular weight is 310 g/mol. The minimum absolute atomic E-state index is 0.144. The Morgan fingerprint density at radius 2 is 1.56 bits per heavy atom. The summed E-state index contributed by atoms with van der Waals surface area (Å²) < 4.78 is 2.06. The van der Waals surface area contributed by atoms with Gasteiger partial charge < -0.3 is 0 Å². The lowest BCUT2D eigenvalue weighted by Gasteiger charge is -2.02. The molecule has 0 fully saturated rings. The number of aryl methyl sites for hydroxylation is 1. The van der Waals surface area contributed by atoms with Crippen molar-refractivity contribution in [3.05, 3.63) is 19.7 Å². The van der Waals surface area contributed by atoms with Crippen LogP contribution < -0.4 is 5.56 Å². The lowest BCUT2D eigenvalue weighted by molar-refractivity contribution is 0.551. The summed E-state index contributed by atoms with van der Waals surface area (Å²) in [6.45, 7) is 2.97. The molecule has 0 radical (unpaired) electrons. The monoisotopic (exact) mass is 309 g/mol. The Balaban J connectivity index is 2.11. The van der Waals surface area contributed by atoms with E-state index in [2.05, 4.69) is 6.92 Å². The molecule has 0 aliphatic heterocycles. The molecule has 5 heteroatoms. The maximum absolute atomic E-state index is 11.6. The van der Waals surface area contributed by atoms with Crippen LogP contribution in [0.5, 0.6) is 0 Å². The number of halogens is 2. The van der Waals surface area contributed by atoms with Crippen molar-refractivity contribution >= 4 is 34.7 Å². The Bertz CT molecular complexity index is 400. The van der Waals surface area contributed by atoms with Crippen LogP contribution in [0.25, 0.3) is 0 Å². The van der Waals surface area contributed by atoms with Crippen molar-refractivity contribution in [1.82, 2.24) is 3.96 Å². The van der Waals surface area contributed by atoms with E-state index in [-0.39, 0.29) is 10.6 Å². The standard InChI is InChI=1S/C13H21Cl2NOS/c1-2-3-4-5-6-7-8-9-10-16-13(17)11(14)12(15)18-16/h2-10H2,1H3. The number of hydrogen-bond donors (Lipinski definition) is 0. The van der Waals surface area contributed by atoms with Gasteiger partial charge in [0.1, 0.15) is 9.36 Å². The van der Waals surface area contributed by atoms with Crippen LogP contribution in [0.2, 0.25) is 9.36 Å². The van der Waals surface area contributed by atoms with E-state index in [9.17, 15) is 4.79 Å². The molecule has 104 valence electrons. The largest absolute Gasteiger partial charge is 0.280 e. The van der Waals surface area contributed by atoms with Gasteiger partial charge in [-0.25, -0.2) is 0 Å². The Hall–Kier alpha value is 0.01000. The molecule has 0 atom stereocenters. The predicted molar refractivity (Wildman–Crippen MR) is 81.2 cm³/mol. The molecule has 0 aliphatic rings. The molecule has 1 heterocycles. The zero-order valence-corrected chi connectivity index (χ0v) is 13.2. The maximum atomic E-state index is 11.6. The summed E-state index contributed by atoms with van der Waals surface area (Å²) in [4.78, 5) is 11.6. The van der Waals surface area contributed by atoms with Crippen molar-refractivity contribution in [2.75, 3.05) is 0 Å². The van der Waals surface area contributed by atoms with Crippen LogP contribution in [0.1, 0.15) is 58.3 Å². The number of nitrogens with zero attached hydrogens (tertiary/aromatic N) is 1. The van der Waals surface area contributed by atoms with Crippen molar-refractivity contribution in [3.63, 3.8) is 0 Å². The van der Waals surface area contributed by atoms with Gasteiger partial charge in [0.2, 0.25) is 0 Å². The summed E-state index contributed by atoms with van der Waals surface area (Å²) in [6, 6.07) is 0. The molecule has 1 rings (SSSR count). The van der Waals surface area contributed by atoms with Crippen molar-refractivity contribution in [2.24, 2.45) is 0 Å². The van der Waals surface area contributed by atoms with Gasteiger partial charge in [0.25, 0.3) is 5.56 Å². The fourth-order valence-corrected chi connectivity index (χ4v) is 3.25. The van der Waals surface area contributed by atoms with Crippen LogP contribution in [0.4, 0.5) is 0 Å². The second-order valence-corrected chi connectivity index (χ2v) is 6.57. The molecule has 0 N–H and O–H groups in total. The summed E-state index contributed by atoms with van der Waals surface area (Å²) in [5.74, 6) is 0. The molecule has 0 aromatic carbocycles. The smallest absolute Gasteiger partial charge is 0.267 e. The van der Waals surface area contributed by atoms with Gasteiger partial charge in [0, 0.05) is 6.54 Å². The number of rotatable bonds is 9. The Morgan fingerprint density at radius 3 is 2.06 bits per heavy atom. The molecule has 1 aromatic heterocycles. The summed E-state index contributed by atoms with van der Waals surface area (Å²) in [5, 5.41) is 0.168. The van der Waals surface area contributed by atoms with Gasteiger partial charge in [-0.2, -0.15) is 0 Å². The molecule has 0 amide bonds. The van der Waals surface area contributed by atoms with E-state index in [0.29, 0.717) is 4.34 Å². The summed E-state index contributed by atoms with van der Waals surface area (Å²) in [5.41, 5.74) is -0.144. The number of hydrogen-bond acceptors (Lipinski definition) is 2. The number of unbranched alkanes of at least 4 members (excludes halogenated alkanes) is 7. The van der Waals surface area contributed by atoms with Gasteiger partial charge in [-0.05, 0) is 18.0 Å². The normalized spacial score (nSPS) is 11.1. The van der Waals surface area contributed by atoms with Gasteiger partial charge in [-0.15, -0.1) is 0 Å². The molecule has 0 saturated heterocycles. The Labute approximate surface area is 123 Å². The highest BCUT2D eigenvalue weighted by atomic mass is 35.5.